The number of methoxy groups -OCH3 is 1. The van der Waals surface area contributed by atoms with E-state index in [1.165, 1.54) is 7.11 Å². The molecule has 1 aliphatic rings. The van der Waals surface area contributed by atoms with E-state index in [0.717, 1.165) is 17.3 Å². The van der Waals surface area contributed by atoms with Crippen molar-refractivity contribution in [2.45, 2.75) is 18.3 Å². The average molecular weight is 333 g/mol. The topological polar surface area (TPSA) is 73.9 Å². The normalized spacial score (nSPS) is 16.9. The molecule has 1 saturated carbocycles. The number of rotatable bonds is 4. The lowest BCUT2D eigenvalue weighted by Crippen LogP contribution is -2.45. The van der Waals surface area contributed by atoms with E-state index in [9.17, 15) is 15.3 Å². The number of halogens is 1. The van der Waals surface area contributed by atoms with Gasteiger partial charge in [0, 0.05) is 4.47 Å². The largest absolute Gasteiger partial charge is 0.468 e. The Morgan fingerprint density at radius 3 is 2.30 bits per heavy atom. The molecule has 2 rings (SSSR count). The number of ether oxygens (including phenoxy) is 1. The summed E-state index contributed by atoms with van der Waals surface area (Å²) in [6.07, 6.45) is 1.65. The van der Waals surface area contributed by atoms with E-state index < -0.39 is 17.3 Å². The molecule has 0 N–H and O–H groups in total. The Morgan fingerprint density at radius 1 is 1.35 bits per heavy atom. The van der Waals surface area contributed by atoms with Gasteiger partial charge in [0.15, 0.2) is 5.92 Å². The van der Waals surface area contributed by atoms with Gasteiger partial charge >= 0.3 is 5.97 Å². The summed E-state index contributed by atoms with van der Waals surface area (Å²) in [4.78, 5) is 12.4. The lowest BCUT2D eigenvalue weighted by Gasteiger charge is -2.32. The Hall–Kier alpha value is -1.85. The van der Waals surface area contributed by atoms with E-state index in [1.807, 2.05) is 12.1 Å². The van der Waals surface area contributed by atoms with E-state index in [-0.39, 0.29) is 5.92 Å². The number of carbonyl (C=O) groups is 1. The van der Waals surface area contributed by atoms with Gasteiger partial charge in [0.25, 0.3) is 0 Å². The lowest BCUT2D eigenvalue weighted by atomic mass is 9.67. The minimum Gasteiger partial charge on any atom is -0.468 e. The number of nitrogens with zero attached hydrogens (tertiary/aromatic N) is 2. The molecule has 0 saturated heterocycles. The van der Waals surface area contributed by atoms with Crippen LogP contribution >= 0.6 is 15.9 Å². The summed E-state index contributed by atoms with van der Waals surface area (Å²) in [5.41, 5.74) is -0.512. The lowest BCUT2D eigenvalue weighted by molar-refractivity contribution is -0.149. The van der Waals surface area contributed by atoms with Crippen molar-refractivity contribution in [2.75, 3.05) is 7.11 Å². The number of hydrogen-bond donors (Lipinski definition) is 0. The molecule has 1 aromatic rings. The van der Waals surface area contributed by atoms with Crippen LogP contribution in [0.5, 0.6) is 0 Å². The minimum atomic E-state index is -1.18. The number of hydrogen-bond acceptors (Lipinski definition) is 4. The van der Waals surface area contributed by atoms with Gasteiger partial charge in [-0.3, -0.25) is 4.79 Å². The third kappa shape index (κ3) is 2.19. The molecule has 0 radical (unpaired) electrons. The predicted molar refractivity (Wildman–Crippen MR) is 75.3 cm³/mol. The van der Waals surface area contributed by atoms with Crippen LogP contribution < -0.4 is 0 Å². The highest BCUT2D eigenvalue weighted by molar-refractivity contribution is 9.10. The summed E-state index contributed by atoms with van der Waals surface area (Å²) in [5, 5.41) is 18.6. The van der Waals surface area contributed by atoms with E-state index in [1.54, 1.807) is 24.3 Å². The first-order valence-electron chi connectivity index (χ1n) is 6.25. The molecule has 1 atom stereocenters. The second kappa shape index (κ2) is 5.64. The maximum absolute atomic E-state index is 12.4. The second-order valence-electron chi connectivity index (χ2n) is 4.83. The van der Waals surface area contributed by atoms with Crippen molar-refractivity contribution in [1.29, 1.82) is 10.5 Å². The quantitative estimate of drug-likeness (QED) is 0.794. The van der Waals surface area contributed by atoms with E-state index in [0.29, 0.717) is 5.56 Å². The smallest absolute Gasteiger partial charge is 0.319 e. The SMILES string of the molecule is COC(=O)C(c1ccc(Br)cc1)(C(C#N)C#N)C1CC1. The van der Waals surface area contributed by atoms with Crippen LogP contribution in [0.25, 0.3) is 0 Å². The fourth-order valence-corrected chi connectivity index (χ4v) is 2.97. The van der Waals surface area contributed by atoms with Gasteiger partial charge in [0.1, 0.15) is 5.41 Å². The van der Waals surface area contributed by atoms with Gasteiger partial charge in [-0.25, -0.2) is 0 Å². The van der Waals surface area contributed by atoms with Crippen molar-refractivity contribution in [2.24, 2.45) is 11.8 Å². The van der Waals surface area contributed by atoms with Gasteiger partial charge in [0.2, 0.25) is 0 Å². The molecule has 4 nitrogen and oxygen atoms in total. The summed E-state index contributed by atoms with van der Waals surface area (Å²) < 4.78 is 5.81. The minimum absolute atomic E-state index is 0.0135. The Morgan fingerprint density at radius 2 is 1.90 bits per heavy atom. The zero-order chi connectivity index (χ0) is 14.8. The van der Waals surface area contributed by atoms with E-state index in [2.05, 4.69) is 15.9 Å². The molecule has 1 aromatic carbocycles. The van der Waals surface area contributed by atoms with Crippen molar-refractivity contribution in [3.05, 3.63) is 34.3 Å². The first-order chi connectivity index (χ1) is 9.60. The molecular weight excluding hydrogens is 320 g/mol. The summed E-state index contributed by atoms with van der Waals surface area (Å²) in [5.74, 6) is -1.57. The highest BCUT2D eigenvalue weighted by Gasteiger charge is 2.58. The zero-order valence-electron chi connectivity index (χ0n) is 11.0. The van der Waals surface area contributed by atoms with Crippen LogP contribution in [0, 0.1) is 34.5 Å². The Bertz CT molecular complexity index is 582. The molecule has 20 heavy (non-hydrogen) atoms. The molecule has 0 bridgehead atoms. The summed E-state index contributed by atoms with van der Waals surface area (Å²) in [6.45, 7) is 0. The van der Waals surface area contributed by atoms with Crippen LogP contribution in [0.15, 0.2) is 28.7 Å². The molecule has 0 amide bonds. The van der Waals surface area contributed by atoms with Crippen LogP contribution in [0.3, 0.4) is 0 Å². The second-order valence-corrected chi connectivity index (χ2v) is 5.75. The molecule has 0 aromatic heterocycles. The van der Waals surface area contributed by atoms with Gasteiger partial charge < -0.3 is 4.74 Å². The molecule has 1 unspecified atom stereocenters. The highest BCUT2D eigenvalue weighted by Crippen LogP contribution is 2.52. The summed E-state index contributed by atoms with van der Waals surface area (Å²) in [6, 6.07) is 11.1. The van der Waals surface area contributed by atoms with Crippen molar-refractivity contribution >= 4 is 21.9 Å². The molecule has 1 fully saturated rings. The van der Waals surface area contributed by atoms with Crippen molar-refractivity contribution in [1.82, 2.24) is 0 Å². The van der Waals surface area contributed by atoms with Crippen molar-refractivity contribution < 1.29 is 9.53 Å². The third-order valence-corrected chi connectivity index (χ3v) is 4.31. The molecular formula is C15H13BrN2O2. The zero-order valence-corrected chi connectivity index (χ0v) is 12.6. The summed E-state index contributed by atoms with van der Waals surface area (Å²) >= 11 is 3.34. The number of benzene rings is 1. The number of esters is 1. The van der Waals surface area contributed by atoms with Gasteiger partial charge in [-0.1, -0.05) is 28.1 Å². The average Bonchev–Trinajstić information content (AvgIpc) is 3.30. The molecule has 0 aliphatic heterocycles. The molecule has 102 valence electrons. The number of carbonyl (C=O) groups excluding carboxylic acids is 1. The van der Waals surface area contributed by atoms with E-state index in [4.69, 9.17) is 4.74 Å². The predicted octanol–water partition coefficient (Wildman–Crippen LogP) is 2.93. The van der Waals surface area contributed by atoms with Crippen LogP contribution in [0.2, 0.25) is 0 Å². The van der Waals surface area contributed by atoms with Crippen LogP contribution in [-0.2, 0) is 14.9 Å². The molecule has 0 heterocycles. The first kappa shape index (κ1) is 14.6. The van der Waals surface area contributed by atoms with Crippen LogP contribution in [0.4, 0.5) is 0 Å². The maximum atomic E-state index is 12.4. The van der Waals surface area contributed by atoms with Gasteiger partial charge in [-0.15, -0.1) is 0 Å². The maximum Gasteiger partial charge on any atom is 0.319 e. The Labute approximate surface area is 126 Å². The Balaban J connectivity index is 2.64. The molecule has 1 aliphatic carbocycles. The monoisotopic (exact) mass is 332 g/mol. The van der Waals surface area contributed by atoms with Gasteiger partial charge in [-0.05, 0) is 36.5 Å². The van der Waals surface area contributed by atoms with Crippen LogP contribution in [0.1, 0.15) is 18.4 Å². The fourth-order valence-electron chi connectivity index (χ4n) is 2.71. The van der Waals surface area contributed by atoms with Crippen molar-refractivity contribution in [3.8, 4) is 12.1 Å². The standard InChI is InChI=1S/C15H13BrN2O2/c1-20-14(19)15(10-2-3-10,12(8-17)9-18)11-4-6-13(16)7-5-11/h4-7,10,12H,2-3H2,1H3. The van der Waals surface area contributed by atoms with Gasteiger partial charge in [0.05, 0.1) is 19.2 Å². The Kier molecular flexibility index (Phi) is 4.11. The third-order valence-electron chi connectivity index (χ3n) is 3.78. The molecule has 0 spiro atoms. The summed E-state index contributed by atoms with van der Waals surface area (Å²) in [7, 11) is 1.30. The van der Waals surface area contributed by atoms with Crippen molar-refractivity contribution in [3.63, 3.8) is 0 Å². The van der Waals surface area contributed by atoms with E-state index >= 15 is 0 Å². The first-order valence-corrected chi connectivity index (χ1v) is 7.04. The van der Waals surface area contributed by atoms with Crippen LogP contribution in [-0.4, -0.2) is 13.1 Å². The van der Waals surface area contributed by atoms with Gasteiger partial charge in [-0.2, -0.15) is 10.5 Å². The molecule has 5 heteroatoms. The number of nitriles is 2. The fraction of sp³-hybridized carbons (Fsp3) is 0.400. The highest BCUT2D eigenvalue weighted by atomic mass is 79.9.